The van der Waals surface area contributed by atoms with E-state index in [4.69, 9.17) is 4.74 Å². The van der Waals surface area contributed by atoms with Gasteiger partial charge in [0.25, 0.3) is 0 Å². The van der Waals surface area contributed by atoms with E-state index >= 15 is 0 Å². The van der Waals surface area contributed by atoms with E-state index in [0.29, 0.717) is 5.92 Å². The van der Waals surface area contributed by atoms with Crippen LogP contribution < -0.4 is 0 Å². The molecule has 3 heteroatoms. The standard InChI is InChI=1S/C9H17NO2/c1-7(8-5-4-6-8)12-9(11)10(2)3/h7-8H,4-6H2,1-3H3/t7-/m0/s1. The molecule has 1 rings (SSSR count). The summed E-state index contributed by atoms with van der Waals surface area (Å²) in [7, 11) is 3.41. The van der Waals surface area contributed by atoms with Crippen LogP contribution in [0.25, 0.3) is 0 Å². The van der Waals surface area contributed by atoms with Gasteiger partial charge in [-0.05, 0) is 25.7 Å². The first-order valence-corrected chi connectivity index (χ1v) is 4.49. The lowest BCUT2D eigenvalue weighted by Crippen LogP contribution is -2.33. The minimum Gasteiger partial charge on any atom is -0.446 e. The van der Waals surface area contributed by atoms with Crippen molar-refractivity contribution in [2.45, 2.75) is 32.3 Å². The summed E-state index contributed by atoms with van der Waals surface area (Å²) in [5.74, 6) is 0.605. The van der Waals surface area contributed by atoms with Gasteiger partial charge in [0.15, 0.2) is 0 Å². The van der Waals surface area contributed by atoms with Crippen molar-refractivity contribution in [1.29, 1.82) is 0 Å². The van der Waals surface area contributed by atoms with E-state index in [2.05, 4.69) is 0 Å². The van der Waals surface area contributed by atoms with Gasteiger partial charge in [-0.15, -0.1) is 0 Å². The number of amides is 1. The average molecular weight is 171 g/mol. The highest BCUT2D eigenvalue weighted by atomic mass is 16.6. The van der Waals surface area contributed by atoms with Crippen LogP contribution in [0.1, 0.15) is 26.2 Å². The summed E-state index contributed by atoms with van der Waals surface area (Å²) in [6.45, 7) is 1.98. The molecule has 0 N–H and O–H groups in total. The van der Waals surface area contributed by atoms with E-state index in [1.54, 1.807) is 14.1 Å². The smallest absolute Gasteiger partial charge is 0.409 e. The van der Waals surface area contributed by atoms with Crippen molar-refractivity contribution in [3.63, 3.8) is 0 Å². The third-order valence-corrected chi connectivity index (χ3v) is 2.47. The van der Waals surface area contributed by atoms with Gasteiger partial charge in [0.2, 0.25) is 0 Å². The van der Waals surface area contributed by atoms with Crippen LogP contribution in [0, 0.1) is 5.92 Å². The second kappa shape index (κ2) is 3.78. The Morgan fingerprint density at radius 1 is 1.50 bits per heavy atom. The fourth-order valence-electron chi connectivity index (χ4n) is 1.27. The predicted octanol–water partition coefficient (Wildman–Crippen LogP) is 1.87. The van der Waals surface area contributed by atoms with Gasteiger partial charge in [0.05, 0.1) is 0 Å². The number of rotatable bonds is 2. The van der Waals surface area contributed by atoms with Crippen LogP contribution in [0.5, 0.6) is 0 Å². The normalized spacial score (nSPS) is 19.6. The Labute approximate surface area is 73.7 Å². The molecule has 0 unspecified atom stereocenters. The summed E-state index contributed by atoms with van der Waals surface area (Å²) in [5.41, 5.74) is 0. The summed E-state index contributed by atoms with van der Waals surface area (Å²) in [5, 5.41) is 0. The van der Waals surface area contributed by atoms with E-state index in [-0.39, 0.29) is 12.2 Å². The zero-order valence-corrected chi connectivity index (χ0v) is 8.04. The third-order valence-electron chi connectivity index (χ3n) is 2.47. The minimum absolute atomic E-state index is 0.0913. The molecule has 0 aromatic carbocycles. The van der Waals surface area contributed by atoms with E-state index < -0.39 is 0 Å². The molecule has 1 atom stereocenters. The molecular weight excluding hydrogens is 154 g/mol. The lowest BCUT2D eigenvalue weighted by atomic mass is 9.82. The third kappa shape index (κ3) is 2.13. The Kier molecular flexibility index (Phi) is 2.95. The predicted molar refractivity (Wildman–Crippen MR) is 47.0 cm³/mol. The molecule has 1 fully saturated rings. The molecule has 1 saturated carbocycles. The van der Waals surface area contributed by atoms with E-state index in [1.807, 2.05) is 6.92 Å². The molecule has 1 aliphatic carbocycles. The summed E-state index contributed by atoms with van der Waals surface area (Å²) >= 11 is 0. The Morgan fingerprint density at radius 2 is 2.08 bits per heavy atom. The zero-order chi connectivity index (χ0) is 9.14. The van der Waals surface area contributed by atoms with Gasteiger partial charge < -0.3 is 9.64 Å². The molecule has 0 spiro atoms. The average Bonchev–Trinajstić information content (AvgIpc) is 1.82. The molecule has 0 radical (unpaired) electrons. The molecule has 12 heavy (non-hydrogen) atoms. The van der Waals surface area contributed by atoms with Crippen molar-refractivity contribution in [1.82, 2.24) is 4.90 Å². The van der Waals surface area contributed by atoms with Gasteiger partial charge in [-0.2, -0.15) is 0 Å². The van der Waals surface area contributed by atoms with Crippen molar-refractivity contribution in [2.75, 3.05) is 14.1 Å². The van der Waals surface area contributed by atoms with Crippen LogP contribution in [0.15, 0.2) is 0 Å². The SMILES string of the molecule is C[C@H](OC(=O)N(C)C)C1CCC1. The van der Waals surface area contributed by atoms with Crippen LogP contribution in [0.4, 0.5) is 4.79 Å². The second-order valence-corrected chi connectivity index (χ2v) is 3.67. The van der Waals surface area contributed by atoms with Crippen molar-refractivity contribution < 1.29 is 9.53 Å². The summed E-state index contributed by atoms with van der Waals surface area (Å²) < 4.78 is 5.20. The van der Waals surface area contributed by atoms with Gasteiger partial charge in [-0.1, -0.05) is 6.42 Å². The number of carbonyl (C=O) groups excluding carboxylic acids is 1. The fraction of sp³-hybridized carbons (Fsp3) is 0.889. The number of hydrogen-bond donors (Lipinski definition) is 0. The Hall–Kier alpha value is -0.730. The van der Waals surface area contributed by atoms with Crippen LogP contribution in [-0.4, -0.2) is 31.2 Å². The maximum Gasteiger partial charge on any atom is 0.409 e. The topological polar surface area (TPSA) is 29.5 Å². The fourth-order valence-corrected chi connectivity index (χ4v) is 1.27. The highest BCUT2D eigenvalue weighted by Crippen LogP contribution is 2.30. The molecule has 0 aliphatic heterocycles. The Morgan fingerprint density at radius 3 is 2.42 bits per heavy atom. The minimum atomic E-state index is -0.227. The highest BCUT2D eigenvalue weighted by molar-refractivity contribution is 5.66. The maximum absolute atomic E-state index is 11.1. The number of nitrogens with zero attached hydrogens (tertiary/aromatic N) is 1. The first-order chi connectivity index (χ1) is 5.61. The van der Waals surface area contributed by atoms with E-state index in [1.165, 1.54) is 24.2 Å². The number of carbonyl (C=O) groups is 1. The summed E-state index contributed by atoms with van der Waals surface area (Å²) in [6.07, 6.45) is 3.57. The van der Waals surface area contributed by atoms with Gasteiger partial charge in [-0.3, -0.25) is 0 Å². The number of hydrogen-bond acceptors (Lipinski definition) is 2. The van der Waals surface area contributed by atoms with Gasteiger partial charge in [0, 0.05) is 14.1 Å². The Balaban J connectivity index is 2.24. The molecule has 3 nitrogen and oxygen atoms in total. The molecule has 0 aromatic rings. The summed E-state index contributed by atoms with van der Waals surface area (Å²) in [4.78, 5) is 12.6. The van der Waals surface area contributed by atoms with Gasteiger partial charge >= 0.3 is 6.09 Å². The lowest BCUT2D eigenvalue weighted by Gasteiger charge is -2.31. The molecule has 0 saturated heterocycles. The highest BCUT2D eigenvalue weighted by Gasteiger charge is 2.26. The second-order valence-electron chi connectivity index (χ2n) is 3.67. The largest absolute Gasteiger partial charge is 0.446 e. The van der Waals surface area contributed by atoms with E-state index in [9.17, 15) is 4.79 Å². The van der Waals surface area contributed by atoms with Crippen molar-refractivity contribution in [2.24, 2.45) is 5.92 Å². The molecule has 1 amide bonds. The first kappa shape index (κ1) is 9.36. The monoisotopic (exact) mass is 171 g/mol. The van der Waals surface area contributed by atoms with Crippen molar-refractivity contribution in [3.05, 3.63) is 0 Å². The molecule has 70 valence electrons. The number of ether oxygens (including phenoxy) is 1. The summed E-state index contributed by atoms with van der Waals surface area (Å²) in [6, 6.07) is 0. The first-order valence-electron chi connectivity index (χ1n) is 4.49. The lowest BCUT2D eigenvalue weighted by molar-refractivity contribution is 0.0297. The van der Waals surface area contributed by atoms with Crippen LogP contribution in [0.2, 0.25) is 0 Å². The molecule has 0 bridgehead atoms. The quantitative estimate of drug-likeness (QED) is 0.634. The maximum atomic E-state index is 11.1. The van der Waals surface area contributed by atoms with E-state index in [0.717, 1.165) is 0 Å². The van der Waals surface area contributed by atoms with Gasteiger partial charge in [-0.25, -0.2) is 4.79 Å². The van der Waals surface area contributed by atoms with Crippen LogP contribution >= 0.6 is 0 Å². The Bertz CT molecular complexity index is 164. The molecule has 1 aliphatic rings. The molecule has 0 aromatic heterocycles. The van der Waals surface area contributed by atoms with Gasteiger partial charge in [0.1, 0.15) is 6.10 Å². The molecule has 0 heterocycles. The van der Waals surface area contributed by atoms with Crippen LogP contribution in [-0.2, 0) is 4.74 Å². The van der Waals surface area contributed by atoms with Crippen molar-refractivity contribution >= 4 is 6.09 Å². The zero-order valence-electron chi connectivity index (χ0n) is 8.04. The van der Waals surface area contributed by atoms with Crippen LogP contribution in [0.3, 0.4) is 0 Å². The molecular formula is C9H17NO2. The van der Waals surface area contributed by atoms with Crippen molar-refractivity contribution in [3.8, 4) is 0 Å².